The molecule has 1 heterocycles. The molecule has 0 aliphatic carbocycles. The minimum Gasteiger partial charge on any atom is -0.307 e. The lowest BCUT2D eigenvalue weighted by atomic mass is 10.1. The van der Waals surface area contributed by atoms with E-state index in [2.05, 4.69) is 10.3 Å². The largest absolute Gasteiger partial charge is 0.416 e. The minimum absolute atomic E-state index is 0.0684. The van der Waals surface area contributed by atoms with E-state index < -0.39 is 17.6 Å². The normalized spacial score (nSPS) is 11.6. The number of alkyl halides is 3. The first-order valence-electron chi connectivity index (χ1n) is 6.03. The number of amides is 1. The molecule has 0 saturated heterocycles. The molecule has 1 N–H and O–H groups in total. The summed E-state index contributed by atoms with van der Waals surface area (Å²) in [7, 11) is 0. The molecule has 6 heteroatoms. The molecule has 2 aromatic rings. The summed E-state index contributed by atoms with van der Waals surface area (Å²) in [6, 6.07) is 10.00. The third-order valence-electron chi connectivity index (χ3n) is 2.60. The summed E-state index contributed by atoms with van der Waals surface area (Å²) in [6.07, 6.45) is -0.795. The number of pyridine rings is 1. The second-order valence-corrected chi connectivity index (χ2v) is 4.12. The lowest BCUT2D eigenvalue weighted by Gasteiger charge is -2.09. The highest BCUT2D eigenvalue weighted by atomic mass is 19.4. The van der Waals surface area contributed by atoms with Crippen molar-refractivity contribution in [3.63, 3.8) is 0 Å². The topological polar surface area (TPSA) is 42.0 Å². The summed E-state index contributed by atoms with van der Waals surface area (Å²) in [6.45, 7) is 0. The fourth-order valence-electron chi connectivity index (χ4n) is 1.67. The number of carbonyl (C=O) groups excluding carboxylic acids is 1. The number of carbonyl (C=O) groups is 1. The molecular weight excluding hydrogens is 281 g/mol. The number of nitrogens with zero attached hydrogens (tertiary/aromatic N) is 1. The molecule has 1 aromatic carbocycles. The van der Waals surface area contributed by atoms with Gasteiger partial charge in [0.05, 0.1) is 5.56 Å². The summed E-state index contributed by atoms with van der Waals surface area (Å²) in [4.78, 5) is 15.5. The molecule has 0 atom stereocenters. The minimum atomic E-state index is -4.46. The van der Waals surface area contributed by atoms with Gasteiger partial charge in [-0.05, 0) is 29.8 Å². The molecule has 0 unspecified atom stereocenters. The van der Waals surface area contributed by atoms with Gasteiger partial charge >= 0.3 is 6.18 Å². The molecule has 0 aliphatic rings. The number of hydrogen-bond donors (Lipinski definition) is 1. The summed E-state index contributed by atoms with van der Waals surface area (Å²) in [5.74, 6) is -0.220. The quantitative estimate of drug-likeness (QED) is 0.875. The van der Waals surface area contributed by atoms with Crippen molar-refractivity contribution in [2.24, 2.45) is 0 Å². The van der Waals surface area contributed by atoms with Crippen molar-refractivity contribution in [2.75, 3.05) is 5.32 Å². The van der Waals surface area contributed by atoms with E-state index in [1.807, 2.05) is 0 Å². The van der Waals surface area contributed by atoms with Crippen LogP contribution < -0.4 is 5.32 Å². The molecule has 1 aromatic heterocycles. The van der Waals surface area contributed by atoms with E-state index in [1.165, 1.54) is 24.4 Å². The number of halogens is 3. The maximum Gasteiger partial charge on any atom is 0.416 e. The molecule has 2 rings (SSSR count). The van der Waals surface area contributed by atoms with Gasteiger partial charge in [-0.1, -0.05) is 24.3 Å². The van der Waals surface area contributed by atoms with Crippen molar-refractivity contribution in [3.05, 3.63) is 65.9 Å². The molecular formula is C15H11F3N2O. The van der Waals surface area contributed by atoms with Crippen LogP contribution in [0, 0.1) is 0 Å². The lowest BCUT2D eigenvalue weighted by molar-refractivity contribution is -0.137. The molecule has 1 amide bonds. The van der Waals surface area contributed by atoms with Gasteiger partial charge in [0.2, 0.25) is 5.91 Å². The standard InChI is InChI=1S/C15H11F3N2O/c16-15(17,18)12-6-2-1-5-11(12)8-9-14(21)20-13-7-3-4-10-19-13/h1-10H,(H,19,20,21)/b9-8+. The van der Waals surface area contributed by atoms with Gasteiger partial charge in [0, 0.05) is 12.3 Å². The summed E-state index contributed by atoms with van der Waals surface area (Å²) in [5, 5.41) is 2.45. The highest BCUT2D eigenvalue weighted by molar-refractivity contribution is 6.01. The Hall–Kier alpha value is -2.63. The average Bonchev–Trinajstić information content (AvgIpc) is 2.45. The van der Waals surface area contributed by atoms with E-state index >= 15 is 0 Å². The maximum absolute atomic E-state index is 12.8. The van der Waals surface area contributed by atoms with Gasteiger partial charge in [0.25, 0.3) is 0 Å². The van der Waals surface area contributed by atoms with Crippen molar-refractivity contribution in [2.45, 2.75) is 6.18 Å². The van der Waals surface area contributed by atoms with Crippen LogP contribution in [0.4, 0.5) is 19.0 Å². The van der Waals surface area contributed by atoms with Gasteiger partial charge in [-0.25, -0.2) is 4.98 Å². The predicted octanol–water partition coefficient (Wildman–Crippen LogP) is 3.75. The molecule has 21 heavy (non-hydrogen) atoms. The maximum atomic E-state index is 12.8. The highest BCUT2D eigenvalue weighted by Gasteiger charge is 2.32. The van der Waals surface area contributed by atoms with Crippen molar-refractivity contribution in [1.82, 2.24) is 4.98 Å². The molecule has 0 aliphatic heterocycles. The number of nitrogens with one attached hydrogen (secondary N) is 1. The van der Waals surface area contributed by atoms with Crippen LogP contribution in [0.5, 0.6) is 0 Å². The predicted molar refractivity (Wildman–Crippen MR) is 73.3 cm³/mol. The van der Waals surface area contributed by atoms with Crippen molar-refractivity contribution >= 4 is 17.8 Å². The highest BCUT2D eigenvalue weighted by Crippen LogP contribution is 2.32. The van der Waals surface area contributed by atoms with Gasteiger partial charge < -0.3 is 5.32 Å². The Morgan fingerprint density at radius 3 is 2.48 bits per heavy atom. The lowest BCUT2D eigenvalue weighted by Crippen LogP contribution is -2.10. The second-order valence-electron chi connectivity index (χ2n) is 4.12. The van der Waals surface area contributed by atoms with Gasteiger partial charge in [-0.15, -0.1) is 0 Å². The van der Waals surface area contributed by atoms with Crippen LogP contribution in [0.3, 0.4) is 0 Å². The SMILES string of the molecule is O=C(/C=C/c1ccccc1C(F)(F)F)Nc1ccccn1. The summed E-state index contributed by atoms with van der Waals surface area (Å²) >= 11 is 0. The van der Waals surface area contributed by atoms with Gasteiger partial charge in [-0.3, -0.25) is 4.79 Å². The molecule has 0 saturated carbocycles. The number of anilines is 1. The van der Waals surface area contributed by atoms with Crippen LogP contribution in [0.15, 0.2) is 54.7 Å². The van der Waals surface area contributed by atoms with E-state index in [9.17, 15) is 18.0 Å². The van der Waals surface area contributed by atoms with E-state index in [4.69, 9.17) is 0 Å². The zero-order valence-corrected chi connectivity index (χ0v) is 10.8. The molecule has 3 nitrogen and oxygen atoms in total. The Labute approximate surface area is 119 Å². The molecule has 0 bridgehead atoms. The van der Waals surface area contributed by atoms with Crippen LogP contribution >= 0.6 is 0 Å². The van der Waals surface area contributed by atoms with Gasteiger partial charge in [0.15, 0.2) is 0 Å². The van der Waals surface area contributed by atoms with Gasteiger partial charge in [0.1, 0.15) is 5.82 Å². The van der Waals surface area contributed by atoms with E-state index in [0.717, 1.165) is 18.2 Å². The summed E-state index contributed by atoms with van der Waals surface area (Å²) in [5.41, 5.74) is -0.854. The van der Waals surface area contributed by atoms with Gasteiger partial charge in [-0.2, -0.15) is 13.2 Å². The Balaban J connectivity index is 2.13. The first-order chi connectivity index (χ1) is 9.97. The molecule has 0 fully saturated rings. The fraction of sp³-hybridized carbons (Fsp3) is 0.0667. The first kappa shape index (κ1) is 14.8. The third-order valence-corrected chi connectivity index (χ3v) is 2.60. The number of rotatable bonds is 3. The van der Waals surface area contributed by atoms with E-state index in [0.29, 0.717) is 5.82 Å². The van der Waals surface area contributed by atoms with Crippen LogP contribution in [-0.2, 0) is 11.0 Å². The van der Waals surface area contributed by atoms with Crippen LogP contribution in [0.2, 0.25) is 0 Å². The van der Waals surface area contributed by atoms with Crippen molar-refractivity contribution in [1.29, 1.82) is 0 Å². The van der Waals surface area contributed by atoms with Crippen LogP contribution in [0.1, 0.15) is 11.1 Å². The van der Waals surface area contributed by atoms with Crippen LogP contribution in [0.25, 0.3) is 6.08 Å². The average molecular weight is 292 g/mol. The molecule has 108 valence electrons. The van der Waals surface area contributed by atoms with Crippen molar-refractivity contribution in [3.8, 4) is 0 Å². The third kappa shape index (κ3) is 4.17. The Kier molecular flexibility index (Phi) is 4.37. The number of hydrogen-bond acceptors (Lipinski definition) is 2. The van der Waals surface area contributed by atoms with Crippen molar-refractivity contribution < 1.29 is 18.0 Å². The Morgan fingerprint density at radius 1 is 1.10 bits per heavy atom. The number of benzene rings is 1. The second kappa shape index (κ2) is 6.21. The first-order valence-corrected chi connectivity index (χ1v) is 6.03. The molecule has 0 spiro atoms. The monoisotopic (exact) mass is 292 g/mol. The van der Waals surface area contributed by atoms with E-state index in [-0.39, 0.29) is 5.56 Å². The Morgan fingerprint density at radius 2 is 1.81 bits per heavy atom. The number of aromatic nitrogens is 1. The zero-order valence-electron chi connectivity index (χ0n) is 10.8. The molecule has 0 radical (unpaired) electrons. The Bertz CT molecular complexity index is 651. The summed E-state index contributed by atoms with van der Waals surface area (Å²) < 4.78 is 38.3. The van der Waals surface area contributed by atoms with Crippen LogP contribution in [-0.4, -0.2) is 10.9 Å². The smallest absolute Gasteiger partial charge is 0.307 e. The fourth-order valence-corrected chi connectivity index (χ4v) is 1.67. The van der Waals surface area contributed by atoms with E-state index in [1.54, 1.807) is 18.2 Å². The zero-order chi connectivity index (χ0) is 15.3.